The normalized spacial score (nSPS) is 11.6. The quantitative estimate of drug-likeness (QED) is 0.538. The SMILES string of the molecule is O=[N+]([O-])C(=Cc1ccoc1)CO. The van der Waals surface area contributed by atoms with Gasteiger partial charge < -0.3 is 9.52 Å². The lowest BCUT2D eigenvalue weighted by Crippen LogP contribution is -2.02. The van der Waals surface area contributed by atoms with Gasteiger partial charge in [0.15, 0.2) is 0 Å². The third-order valence-corrected chi connectivity index (χ3v) is 1.27. The van der Waals surface area contributed by atoms with Crippen molar-refractivity contribution in [3.05, 3.63) is 40.0 Å². The topological polar surface area (TPSA) is 76.5 Å². The van der Waals surface area contributed by atoms with Gasteiger partial charge >= 0.3 is 0 Å². The third kappa shape index (κ3) is 1.93. The maximum Gasteiger partial charge on any atom is 0.272 e. The lowest BCUT2D eigenvalue weighted by Gasteiger charge is -1.90. The summed E-state index contributed by atoms with van der Waals surface area (Å²) in [4.78, 5) is 9.57. The Morgan fingerprint density at radius 3 is 3.00 bits per heavy atom. The lowest BCUT2D eigenvalue weighted by molar-refractivity contribution is -0.428. The standard InChI is InChI=1S/C7H7NO4/c9-4-7(8(10)11)3-6-1-2-12-5-6/h1-3,5,9H,4H2. The molecule has 1 heterocycles. The van der Waals surface area contributed by atoms with Gasteiger partial charge in [0.1, 0.15) is 6.61 Å². The van der Waals surface area contributed by atoms with Crippen LogP contribution in [0.5, 0.6) is 0 Å². The van der Waals surface area contributed by atoms with Crippen molar-refractivity contribution in [2.45, 2.75) is 0 Å². The number of hydrogen-bond acceptors (Lipinski definition) is 4. The Hall–Kier alpha value is -1.62. The zero-order chi connectivity index (χ0) is 8.97. The summed E-state index contributed by atoms with van der Waals surface area (Å²) in [5.41, 5.74) is 0.312. The van der Waals surface area contributed by atoms with Crippen molar-refractivity contribution in [1.29, 1.82) is 0 Å². The van der Waals surface area contributed by atoms with Crippen LogP contribution in [0.25, 0.3) is 6.08 Å². The van der Waals surface area contributed by atoms with Crippen molar-refractivity contribution in [2.75, 3.05) is 6.61 Å². The van der Waals surface area contributed by atoms with Gasteiger partial charge in [0.25, 0.3) is 5.70 Å². The smallest absolute Gasteiger partial charge is 0.272 e. The number of furan rings is 1. The largest absolute Gasteiger partial charge is 0.472 e. The number of aliphatic hydroxyl groups is 1. The molecule has 0 fully saturated rings. The zero-order valence-corrected chi connectivity index (χ0v) is 6.14. The second-order valence-corrected chi connectivity index (χ2v) is 2.11. The summed E-state index contributed by atoms with van der Waals surface area (Å²) in [5.74, 6) is 0. The highest BCUT2D eigenvalue weighted by atomic mass is 16.6. The summed E-state index contributed by atoms with van der Waals surface area (Å²) in [7, 11) is 0. The molecular weight excluding hydrogens is 162 g/mol. The molecular formula is C7H7NO4. The van der Waals surface area contributed by atoms with E-state index < -0.39 is 11.5 Å². The van der Waals surface area contributed by atoms with Crippen LogP contribution in [0.4, 0.5) is 0 Å². The van der Waals surface area contributed by atoms with Crippen LogP contribution in [0.1, 0.15) is 5.56 Å². The van der Waals surface area contributed by atoms with Gasteiger partial charge in [0.05, 0.1) is 17.4 Å². The van der Waals surface area contributed by atoms with Gasteiger partial charge in [-0.05, 0) is 6.07 Å². The van der Waals surface area contributed by atoms with E-state index in [2.05, 4.69) is 0 Å². The van der Waals surface area contributed by atoms with Crippen molar-refractivity contribution in [1.82, 2.24) is 0 Å². The van der Waals surface area contributed by atoms with E-state index in [1.165, 1.54) is 18.6 Å². The molecule has 5 nitrogen and oxygen atoms in total. The van der Waals surface area contributed by atoms with Crippen molar-refractivity contribution in [2.24, 2.45) is 0 Å². The maximum atomic E-state index is 10.2. The van der Waals surface area contributed by atoms with E-state index in [1.807, 2.05) is 0 Å². The minimum Gasteiger partial charge on any atom is -0.472 e. The van der Waals surface area contributed by atoms with Gasteiger partial charge in [-0.3, -0.25) is 10.1 Å². The van der Waals surface area contributed by atoms with E-state index in [4.69, 9.17) is 9.52 Å². The highest BCUT2D eigenvalue weighted by Gasteiger charge is 2.08. The number of hydrogen-bond donors (Lipinski definition) is 1. The third-order valence-electron chi connectivity index (χ3n) is 1.27. The lowest BCUT2D eigenvalue weighted by atomic mass is 10.3. The predicted octanol–water partition coefficient (Wildman–Crippen LogP) is 0.889. The fraction of sp³-hybridized carbons (Fsp3) is 0.143. The molecule has 1 aromatic rings. The first-order valence-electron chi connectivity index (χ1n) is 3.22. The fourth-order valence-corrected chi connectivity index (χ4v) is 0.706. The molecule has 1 aromatic heterocycles. The second kappa shape index (κ2) is 3.68. The van der Waals surface area contributed by atoms with Gasteiger partial charge in [-0.2, -0.15) is 0 Å². The molecule has 0 radical (unpaired) electrons. The molecule has 1 rings (SSSR count). The van der Waals surface area contributed by atoms with Crippen LogP contribution in [-0.2, 0) is 0 Å². The van der Waals surface area contributed by atoms with Crippen LogP contribution >= 0.6 is 0 Å². The first-order chi connectivity index (χ1) is 5.74. The predicted molar refractivity (Wildman–Crippen MR) is 40.8 cm³/mol. The molecule has 0 atom stereocenters. The molecule has 1 N–H and O–H groups in total. The molecule has 0 bridgehead atoms. The van der Waals surface area contributed by atoms with Crippen LogP contribution in [0.2, 0.25) is 0 Å². The first-order valence-corrected chi connectivity index (χ1v) is 3.22. The van der Waals surface area contributed by atoms with E-state index in [9.17, 15) is 10.1 Å². The zero-order valence-electron chi connectivity index (χ0n) is 6.14. The number of aliphatic hydroxyl groups excluding tert-OH is 1. The van der Waals surface area contributed by atoms with Crippen LogP contribution in [0, 0.1) is 10.1 Å². The minimum absolute atomic E-state index is 0.253. The van der Waals surface area contributed by atoms with E-state index >= 15 is 0 Å². The number of nitrogens with zero attached hydrogens (tertiary/aromatic N) is 1. The van der Waals surface area contributed by atoms with Crippen LogP contribution in [0.3, 0.4) is 0 Å². The van der Waals surface area contributed by atoms with Gasteiger partial charge in [-0.25, -0.2) is 0 Å². The van der Waals surface area contributed by atoms with Gasteiger partial charge in [0, 0.05) is 11.6 Å². The van der Waals surface area contributed by atoms with Crippen LogP contribution in [-0.4, -0.2) is 16.6 Å². The van der Waals surface area contributed by atoms with E-state index in [0.29, 0.717) is 5.56 Å². The number of rotatable bonds is 3. The van der Waals surface area contributed by atoms with Crippen LogP contribution < -0.4 is 0 Å². The van der Waals surface area contributed by atoms with E-state index in [0.717, 1.165) is 0 Å². The highest BCUT2D eigenvalue weighted by molar-refractivity contribution is 5.49. The molecule has 0 spiro atoms. The van der Waals surface area contributed by atoms with E-state index in [1.54, 1.807) is 6.07 Å². The fourth-order valence-electron chi connectivity index (χ4n) is 0.706. The molecule has 64 valence electrons. The average Bonchev–Trinajstić information content (AvgIpc) is 2.51. The monoisotopic (exact) mass is 169 g/mol. The number of nitro groups is 1. The molecule has 5 heteroatoms. The highest BCUT2D eigenvalue weighted by Crippen LogP contribution is 2.06. The molecule has 0 aliphatic rings. The Labute approximate surface area is 68.1 Å². The van der Waals surface area contributed by atoms with Gasteiger partial charge in [0.2, 0.25) is 0 Å². The van der Waals surface area contributed by atoms with Crippen molar-refractivity contribution in [3.63, 3.8) is 0 Å². The summed E-state index contributed by atoms with van der Waals surface area (Å²) in [6, 6.07) is 1.57. The van der Waals surface area contributed by atoms with Crippen molar-refractivity contribution >= 4 is 6.08 Å². The maximum absolute atomic E-state index is 10.2. The summed E-state index contributed by atoms with van der Waals surface area (Å²) < 4.78 is 4.69. The van der Waals surface area contributed by atoms with Crippen LogP contribution in [0.15, 0.2) is 28.7 Å². The molecule has 12 heavy (non-hydrogen) atoms. The van der Waals surface area contributed by atoms with Gasteiger partial charge in [-0.15, -0.1) is 0 Å². The summed E-state index contributed by atoms with van der Waals surface area (Å²) in [5, 5.41) is 18.8. The molecule has 0 saturated carbocycles. The Kier molecular flexibility index (Phi) is 2.60. The van der Waals surface area contributed by atoms with Gasteiger partial charge in [-0.1, -0.05) is 0 Å². The summed E-state index contributed by atoms with van der Waals surface area (Å²) in [6.45, 7) is -0.585. The molecule has 0 aromatic carbocycles. The molecule has 0 aliphatic heterocycles. The summed E-state index contributed by atoms with van der Waals surface area (Å²) >= 11 is 0. The molecule has 0 aliphatic carbocycles. The Balaban J connectivity index is 2.85. The Morgan fingerprint density at radius 1 is 1.83 bits per heavy atom. The van der Waals surface area contributed by atoms with Crippen molar-refractivity contribution in [3.8, 4) is 0 Å². The molecule has 0 amide bonds. The molecule has 0 unspecified atom stereocenters. The second-order valence-electron chi connectivity index (χ2n) is 2.11. The summed E-state index contributed by atoms with van der Waals surface area (Å²) in [6.07, 6.45) is 4.02. The average molecular weight is 169 g/mol. The molecule has 0 saturated heterocycles. The van der Waals surface area contributed by atoms with Crippen molar-refractivity contribution < 1.29 is 14.4 Å². The van der Waals surface area contributed by atoms with E-state index in [-0.39, 0.29) is 5.70 Å². The Bertz CT molecular complexity index is 288. The first kappa shape index (κ1) is 8.48. The minimum atomic E-state index is -0.632. The Morgan fingerprint density at radius 2 is 2.58 bits per heavy atom.